The third-order valence-electron chi connectivity index (χ3n) is 4.58. The number of carbonyl (C=O) groups is 3. The molecule has 0 aliphatic carbocycles. The second kappa shape index (κ2) is 12.6. The minimum atomic E-state index is -4.98. The summed E-state index contributed by atoms with van der Waals surface area (Å²) in [6.07, 6.45) is -6.07. The maximum atomic E-state index is 13.0. The zero-order valence-corrected chi connectivity index (χ0v) is 22.9. The highest BCUT2D eigenvalue weighted by atomic mass is 127. The molecule has 7 nitrogen and oxygen atoms in total. The molecule has 2 atom stereocenters. The predicted molar refractivity (Wildman–Crippen MR) is 137 cm³/mol. The van der Waals surface area contributed by atoms with Crippen molar-refractivity contribution in [3.8, 4) is 0 Å². The van der Waals surface area contributed by atoms with Crippen molar-refractivity contribution in [3.05, 3.63) is 44.8 Å². The molecule has 0 saturated carbocycles. The van der Waals surface area contributed by atoms with Crippen LogP contribution in [0.1, 0.15) is 22.6 Å². The zero-order valence-electron chi connectivity index (χ0n) is 16.9. The topological polar surface area (TPSA) is 98.7 Å². The molecule has 0 aromatic carbocycles. The molecule has 0 aliphatic rings. The van der Waals surface area contributed by atoms with Crippen LogP contribution < -0.4 is 10.6 Å². The number of nitrogens with one attached hydrogen (secondary N) is 2. The van der Waals surface area contributed by atoms with E-state index in [1.807, 2.05) is 57.6 Å². The zero-order chi connectivity index (χ0) is 24.6. The average Bonchev–Trinajstić information content (AvgIpc) is 3.41. The smallest absolute Gasteiger partial charge is 0.465 e. The molecule has 2 aromatic rings. The van der Waals surface area contributed by atoms with Crippen LogP contribution in [0, 0.1) is 0 Å². The number of rotatable bonds is 12. The van der Waals surface area contributed by atoms with Crippen LogP contribution in [-0.2, 0) is 22.7 Å². The highest BCUT2D eigenvalue weighted by molar-refractivity contribution is 14.1. The minimum Gasteiger partial charge on any atom is -0.465 e. The number of halogens is 5. The summed E-state index contributed by atoms with van der Waals surface area (Å²) in [5, 5.41) is 17.6. The van der Waals surface area contributed by atoms with Crippen LogP contribution in [0.5, 0.6) is 0 Å². The van der Waals surface area contributed by atoms with Crippen LogP contribution >= 0.6 is 67.9 Å². The summed E-state index contributed by atoms with van der Waals surface area (Å²) < 4.78 is 36.1. The molecule has 3 N–H and O–H groups in total. The molecular weight excluding hydrogens is 709 g/mol. The van der Waals surface area contributed by atoms with Gasteiger partial charge in [-0.15, -0.1) is 22.7 Å². The van der Waals surface area contributed by atoms with Gasteiger partial charge in [0.2, 0.25) is 3.79 Å². The summed E-state index contributed by atoms with van der Waals surface area (Å²) in [7, 11) is 0. The first-order chi connectivity index (χ1) is 15.5. The van der Waals surface area contributed by atoms with Crippen molar-refractivity contribution < 1.29 is 32.7 Å². The molecular formula is C19H20F3I2N3O4S2. The van der Waals surface area contributed by atoms with Gasteiger partial charge in [0, 0.05) is 52.0 Å². The van der Waals surface area contributed by atoms with E-state index < -0.39 is 31.6 Å². The van der Waals surface area contributed by atoms with Crippen molar-refractivity contribution in [2.75, 3.05) is 6.54 Å². The highest BCUT2D eigenvalue weighted by Gasteiger charge is 2.50. The van der Waals surface area contributed by atoms with Crippen LogP contribution in [0.4, 0.5) is 18.0 Å². The summed E-state index contributed by atoms with van der Waals surface area (Å²) in [6.45, 7) is 0.316. The van der Waals surface area contributed by atoms with Gasteiger partial charge in [0.05, 0.1) is 3.92 Å². The van der Waals surface area contributed by atoms with Crippen molar-refractivity contribution in [3.63, 3.8) is 0 Å². The lowest BCUT2D eigenvalue weighted by molar-refractivity contribution is -0.173. The Balaban J connectivity index is 2.30. The van der Waals surface area contributed by atoms with Gasteiger partial charge in [0.25, 0.3) is 0 Å². The van der Waals surface area contributed by atoms with Gasteiger partial charge >= 0.3 is 18.2 Å². The van der Waals surface area contributed by atoms with Crippen molar-refractivity contribution in [1.29, 1.82) is 0 Å². The lowest BCUT2D eigenvalue weighted by atomic mass is 10.0. The van der Waals surface area contributed by atoms with Crippen LogP contribution in [0.25, 0.3) is 0 Å². The molecule has 1 unspecified atom stereocenters. The number of amides is 2. The van der Waals surface area contributed by atoms with Crippen LogP contribution in [0.15, 0.2) is 35.0 Å². The third-order valence-corrected chi connectivity index (χ3v) is 8.65. The summed E-state index contributed by atoms with van der Waals surface area (Å²) >= 11 is 6.45. The van der Waals surface area contributed by atoms with E-state index in [4.69, 9.17) is 0 Å². The SMILES string of the molecule is O=C(O)N[C@@](C(=O)I)(C(I)CCCNC(=O)C(F)(F)F)N(Cc1cccs1)Cc1cccs1. The Bertz CT molecular complexity index is 893. The summed E-state index contributed by atoms with van der Waals surface area (Å²) in [4.78, 5) is 39.4. The molecule has 0 fully saturated rings. The fourth-order valence-electron chi connectivity index (χ4n) is 3.09. The Kier molecular flexibility index (Phi) is 10.8. The van der Waals surface area contributed by atoms with Gasteiger partial charge in [-0.1, -0.05) is 34.7 Å². The van der Waals surface area contributed by atoms with E-state index in [0.29, 0.717) is 0 Å². The third kappa shape index (κ3) is 8.03. The molecule has 0 spiro atoms. The maximum absolute atomic E-state index is 13.0. The Morgan fingerprint density at radius 3 is 2.03 bits per heavy atom. The lowest BCUT2D eigenvalue weighted by Gasteiger charge is -2.44. The van der Waals surface area contributed by atoms with Crippen LogP contribution in [-0.4, -0.2) is 48.1 Å². The minimum absolute atomic E-state index is 0.119. The summed E-state index contributed by atoms with van der Waals surface area (Å²) in [5.74, 6) is -2.04. The fraction of sp³-hybridized carbons (Fsp3) is 0.421. The van der Waals surface area contributed by atoms with Gasteiger partial charge in [-0.05, 0) is 35.7 Å². The van der Waals surface area contributed by atoms with E-state index in [-0.39, 0.29) is 32.5 Å². The number of hydrogen-bond donors (Lipinski definition) is 3. The van der Waals surface area contributed by atoms with E-state index in [1.54, 1.807) is 32.8 Å². The van der Waals surface area contributed by atoms with E-state index in [0.717, 1.165) is 9.75 Å². The predicted octanol–water partition coefficient (Wildman–Crippen LogP) is 5.00. The molecule has 2 heterocycles. The van der Waals surface area contributed by atoms with Crippen LogP contribution in [0.2, 0.25) is 0 Å². The average molecular weight is 729 g/mol. The Morgan fingerprint density at radius 1 is 1.09 bits per heavy atom. The Labute approximate surface area is 223 Å². The Morgan fingerprint density at radius 2 is 1.64 bits per heavy atom. The number of carboxylic acid groups (broad SMARTS) is 1. The van der Waals surface area contributed by atoms with Gasteiger partial charge in [-0.25, -0.2) is 4.79 Å². The largest absolute Gasteiger partial charge is 0.471 e. The quantitative estimate of drug-likeness (QED) is 0.0941. The standard InChI is InChI=1S/C19H20F3I2N3O4S2/c20-19(21,22)16(29)25-7-1-6-14(23)18(15(24)28,26-17(30)31)27(10-12-4-2-8-32-12)11-13-5-3-9-33-13/h2-5,8-9,14,26H,1,6-7,10-11H2,(H,25,29)(H,30,31)/t14?,18-/m0/s1. The second-order valence-corrected chi connectivity index (χ2v) is 11.4. The number of nitrogens with zero attached hydrogens (tertiary/aromatic N) is 1. The van der Waals surface area contributed by atoms with Crippen molar-refractivity contribution >= 4 is 83.6 Å². The molecule has 33 heavy (non-hydrogen) atoms. The van der Waals surface area contributed by atoms with E-state index in [9.17, 15) is 32.7 Å². The summed E-state index contributed by atoms with van der Waals surface area (Å²) in [5.41, 5.74) is -1.64. The lowest BCUT2D eigenvalue weighted by Crippen LogP contribution is -2.68. The molecule has 2 amide bonds. The molecule has 14 heteroatoms. The van der Waals surface area contributed by atoms with Crippen LogP contribution in [0.3, 0.4) is 0 Å². The normalized spacial score (nSPS) is 14.5. The molecule has 0 radical (unpaired) electrons. The maximum Gasteiger partial charge on any atom is 0.471 e. The van der Waals surface area contributed by atoms with E-state index in [1.165, 1.54) is 22.7 Å². The monoisotopic (exact) mass is 729 g/mol. The second-order valence-electron chi connectivity index (χ2n) is 6.85. The fourth-order valence-corrected chi connectivity index (χ4v) is 7.25. The molecule has 2 aromatic heterocycles. The molecule has 0 aliphatic heterocycles. The molecule has 2 rings (SSSR count). The first kappa shape index (κ1) is 28.3. The van der Waals surface area contributed by atoms with Crippen molar-refractivity contribution in [1.82, 2.24) is 15.5 Å². The van der Waals surface area contributed by atoms with Crippen molar-refractivity contribution in [2.45, 2.75) is 41.7 Å². The van der Waals surface area contributed by atoms with Gasteiger partial charge in [-0.3, -0.25) is 19.8 Å². The van der Waals surface area contributed by atoms with Gasteiger partial charge < -0.3 is 10.4 Å². The number of hydrogen-bond acceptors (Lipinski definition) is 6. The first-order valence-corrected chi connectivity index (χ1v) is 13.5. The van der Waals surface area contributed by atoms with Gasteiger partial charge in [0.1, 0.15) is 0 Å². The van der Waals surface area contributed by atoms with E-state index >= 15 is 0 Å². The number of alkyl halides is 4. The Hall–Kier alpha value is -0.980. The van der Waals surface area contributed by atoms with Crippen molar-refractivity contribution in [2.24, 2.45) is 0 Å². The first-order valence-electron chi connectivity index (χ1n) is 9.46. The summed E-state index contributed by atoms with van der Waals surface area (Å²) in [6, 6.07) is 7.47. The van der Waals surface area contributed by atoms with E-state index in [2.05, 4.69) is 5.32 Å². The number of carbonyl (C=O) groups excluding carboxylic acids is 2. The van der Waals surface area contributed by atoms with Gasteiger partial charge in [-0.2, -0.15) is 13.2 Å². The molecule has 182 valence electrons. The number of thiophene rings is 2. The molecule has 0 bridgehead atoms. The highest BCUT2D eigenvalue weighted by Crippen LogP contribution is 2.34. The van der Waals surface area contributed by atoms with Gasteiger partial charge in [0.15, 0.2) is 5.66 Å². The molecule has 0 saturated heterocycles.